The molecule has 0 aromatic heterocycles. The molecule has 2 aliphatic rings. The maximum atomic E-state index is 13.4. The largest absolute Gasteiger partial charge is 0.333 e. The van der Waals surface area contributed by atoms with Crippen molar-refractivity contribution < 1.29 is 9.18 Å². The lowest BCUT2D eigenvalue weighted by molar-refractivity contribution is -0.122. The van der Waals surface area contributed by atoms with Gasteiger partial charge in [0.1, 0.15) is 12.0 Å². The Balaban J connectivity index is 0.00000243. The predicted octanol–water partition coefficient (Wildman–Crippen LogP) is 4.29. The van der Waals surface area contributed by atoms with Crippen LogP contribution in [0, 0.1) is 5.82 Å². The summed E-state index contributed by atoms with van der Waals surface area (Å²) >= 11 is 1.72. The zero-order valence-electron chi connectivity index (χ0n) is 15.1. The smallest absolute Gasteiger partial charge is 0.211 e. The standard InChI is InChI=1S/C19H26FN3OS.ClH/c1-22-18(23(14-24)12-15-7-6-8-16(20)11-15)13-25-19(22)21-17-9-4-2-3-5-10-17;/h6-8,11,14,17-18H,2-5,9-10,12-13H2,1H3;1H. The van der Waals surface area contributed by atoms with Gasteiger partial charge in [0, 0.05) is 19.3 Å². The van der Waals surface area contributed by atoms with E-state index in [9.17, 15) is 9.18 Å². The monoisotopic (exact) mass is 399 g/mol. The van der Waals surface area contributed by atoms with Crippen molar-refractivity contribution in [2.45, 2.75) is 57.3 Å². The molecule has 4 nitrogen and oxygen atoms in total. The molecule has 1 heterocycles. The van der Waals surface area contributed by atoms with Crippen LogP contribution in [0.25, 0.3) is 0 Å². The number of carbonyl (C=O) groups is 1. The zero-order chi connectivity index (χ0) is 17.6. The van der Waals surface area contributed by atoms with E-state index in [-0.39, 0.29) is 24.4 Å². The number of nitrogens with zero attached hydrogens (tertiary/aromatic N) is 3. The van der Waals surface area contributed by atoms with E-state index in [2.05, 4.69) is 4.90 Å². The van der Waals surface area contributed by atoms with E-state index in [0.717, 1.165) is 22.9 Å². The topological polar surface area (TPSA) is 35.9 Å². The fraction of sp³-hybridized carbons (Fsp3) is 0.579. The van der Waals surface area contributed by atoms with Gasteiger partial charge in [0.05, 0.1) is 6.04 Å². The van der Waals surface area contributed by atoms with Crippen molar-refractivity contribution in [2.24, 2.45) is 4.99 Å². The molecule has 1 aliphatic carbocycles. The van der Waals surface area contributed by atoms with Crippen LogP contribution in [-0.2, 0) is 11.3 Å². The summed E-state index contributed by atoms with van der Waals surface area (Å²) in [6, 6.07) is 6.85. The number of benzene rings is 1. The Kier molecular flexibility index (Phi) is 8.22. The third kappa shape index (κ3) is 5.36. The van der Waals surface area contributed by atoms with Crippen LogP contribution in [0.1, 0.15) is 44.1 Å². The Hall–Kier alpha value is -1.27. The van der Waals surface area contributed by atoms with Gasteiger partial charge in [-0.3, -0.25) is 9.79 Å². The minimum absolute atomic E-state index is 0. The Morgan fingerprint density at radius 1 is 1.31 bits per heavy atom. The highest BCUT2D eigenvalue weighted by atomic mass is 35.5. The SMILES string of the molecule is CN1C(=NC2CCCCCC2)SCC1N(C=O)Cc1cccc(F)c1.Cl. The van der Waals surface area contributed by atoms with E-state index in [1.54, 1.807) is 22.7 Å². The number of amides is 1. The molecule has 1 atom stereocenters. The summed E-state index contributed by atoms with van der Waals surface area (Å²) in [6.45, 7) is 0.410. The summed E-state index contributed by atoms with van der Waals surface area (Å²) in [4.78, 5) is 20.4. The van der Waals surface area contributed by atoms with Crippen LogP contribution in [0.5, 0.6) is 0 Å². The van der Waals surface area contributed by atoms with Gasteiger partial charge in [0.25, 0.3) is 0 Å². The zero-order valence-corrected chi connectivity index (χ0v) is 16.8. The van der Waals surface area contributed by atoms with E-state index in [0.29, 0.717) is 12.6 Å². The number of thioether (sulfide) groups is 1. The number of carbonyl (C=O) groups excluding carboxylic acids is 1. The molecule has 0 bridgehead atoms. The van der Waals surface area contributed by atoms with Crippen molar-refractivity contribution in [1.29, 1.82) is 0 Å². The molecule has 0 spiro atoms. The number of halogens is 2. The molecular formula is C19H27ClFN3OS. The number of rotatable bonds is 5. The highest BCUT2D eigenvalue weighted by Gasteiger charge is 2.32. The molecule has 1 unspecified atom stereocenters. The van der Waals surface area contributed by atoms with Crippen LogP contribution >= 0.6 is 24.2 Å². The van der Waals surface area contributed by atoms with Crippen molar-refractivity contribution >= 4 is 35.7 Å². The second-order valence-corrected chi connectivity index (χ2v) is 7.85. The molecule has 1 saturated carbocycles. The van der Waals surface area contributed by atoms with Gasteiger partial charge in [0.15, 0.2) is 5.17 Å². The first kappa shape index (κ1) is 21.0. The van der Waals surface area contributed by atoms with Crippen molar-refractivity contribution in [1.82, 2.24) is 9.80 Å². The second-order valence-electron chi connectivity index (χ2n) is 6.87. The van der Waals surface area contributed by atoms with E-state index >= 15 is 0 Å². The third-order valence-corrected chi connectivity index (χ3v) is 6.12. The molecule has 1 aromatic carbocycles. The summed E-state index contributed by atoms with van der Waals surface area (Å²) < 4.78 is 13.4. The Morgan fingerprint density at radius 2 is 2.04 bits per heavy atom. The van der Waals surface area contributed by atoms with Gasteiger partial charge in [-0.15, -0.1) is 12.4 Å². The Bertz CT molecular complexity index is 623. The van der Waals surface area contributed by atoms with Gasteiger partial charge >= 0.3 is 0 Å². The summed E-state index contributed by atoms with van der Waals surface area (Å²) in [7, 11) is 2.00. The van der Waals surface area contributed by atoms with Gasteiger partial charge in [-0.2, -0.15) is 0 Å². The van der Waals surface area contributed by atoms with Gasteiger partial charge in [0.2, 0.25) is 6.41 Å². The molecule has 1 aliphatic heterocycles. The van der Waals surface area contributed by atoms with E-state index < -0.39 is 0 Å². The number of aliphatic imine (C=N–C) groups is 1. The predicted molar refractivity (Wildman–Crippen MR) is 108 cm³/mol. The fourth-order valence-electron chi connectivity index (χ4n) is 3.54. The molecule has 144 valence electrons. The number of amidine groups is 1. The molecule has 26 heavy (non-hydrogen) atoms. The Morgan fingerprint density at radius 3 is 2.69 bits per heavy atom. The van der Waals surface area contributed by atoms with Crippen LogP contribution in [0.3, 0.4) is 0 Å². The summed E-state index contributed by atoms with van der Waals surface area (Å²) in [5.41, 5.74) is 0.805. The first-order valence-electron chi connectivity index (χ1n) is 9.06. The maximum absolute atomic E-state index is 13.4. The minimum atomic E-state index is -0.270. The Labute approximate surface area is 165 Å². The van der Waals surface area contributed by atoms with Crippen LogP contribution in [0.2, 0.25) is 0 Å². The van der Waals surface area contributed by atoms with Crippen molar-refractivity contribution in [2.75, 3.05) is 12.8 Å². The second kappa shape index (κ2) is 10.2. The highest BCUT2D eigenvalue weighted by molar-refractivity contribution is 8.14. The molecule has 3 rings (SSSR count). The van der Waals surface area contributed by atoms with E-state index in [1.807, 2.05) is 13.1 Å². The van der Waals surface area contributed by atoms with Crippen LogP contribution in [0.15, 0.2) is 29.3 Å². The summed E-state index contributed by atoms with van der Waals surface area (Å²) in [6.07, 6.45) is 8.33. The molecule has 7 heteroatoms. The fourth-order valence-corrected chi connectivity index (χ4v) is 4.80. The van der Waals surface area contributed by atoms with Crippen molar-refractivity contribution in [3.05, 3.63) is 35.6 Å². The minimum Gasteiger partial charge on any atom is -0.333 e. The van der Waals surface area contributed by atoms with E-state index in [1.165, 1.54) is 50.7 Å². The normalized spacial score (nSPS) is 22.8. The molecule has 1 amide bonds. The molecule has 1 saturated heterocycles. The van der Waals surface area contributed by atoms with Gasteiger partial charge < -0.3 is 9.80 Å². The molecule has 1 aromatic rings. The average molecular weight is 400 g/mol. The lowest BCUT2D eigenvalue weighted by atomic mass is 10.1. The summed E-state index contributed by atoms with van der Waals surface area (Å²) in [5.74, 6) is 0.531. The van der Waals surface area contributed by atoms with Gasteiger partial charge in [-0.25, -0.2) is 4.39 Å². The quantitative estimate of drug-likeness (QED) is 0.547. The summed E-state index contributed by atoms with van der Waals surface area (Å²) in [5, 5.41) is 1.03. The molecule has 2 fully saturated rings. The van der Waals surface area contributed by atoms with Crippen molar-refractivity contribution in [3.8, 4) is 0 Å². The number of hydrogen-bond donors (Lipinski definition) is 0. The third-order valence-electron chi connectivity index (χ3n) is 5.00. The van der Waals surface area contributed by atoms with Gasteiger partial charge in [-0.1, -0.05) is 49.6 Å². The molecule has 0 radical (unpaired) electrons. The maximum Gasteiger partial charge on any atom is 0.211 e. The number of hydrogen-bond acceptors (Lipinski definition) is 3. The lowest BCUT2D eigenvalue weighted by Gasteiger charge is -2.30. The highest BCUT2D eigenvalue weighted by Crippen LogP contribution is 2.28. The van der Waals surface area contributed by atoms with Crippen LogP contribution in [-0.4, -0.2) is 46.4 Å². The lowest BCUT2D eigenvalue weighted by Crippen LogP contribution is -2.44. The van der Waals surface area contributed by atoms with Crippen LogP contribution < -0.4 is 0 Å². The average Bonchev–Trinajstić information content (AvgIpc) is 2.81. The molecular weight excluding hydrogens is 373 g/mol. The first-order valence-corrected chi connectivity index (χ1v) is 10.0. The van der Waals surface area contributed by atoms with Crippen molar-refractivity contribution in [3.63, 3.8) is 0 Å². The van der Waals surface area contributed by atoms with E-state index in [4.69, 9.17) is 4.99 Å². The van der Waals surface area contributed by atoms with Crippen LogP contribution in [0.4, 0.5) is 4.39 Å². The first-order chi connectivity index (χ1) is 12.2. The molecule has 0 N–H and O–H groups in total. The van der Waals surface area contributed by atoms with Gasteiger partial charge in [-0.05, 0) is 30.5 Å².